The van der Waals surface area contributed by atoms with Gasteiger partial charge in [0.05, 0.1) is 11.9 Å². The van der Waals surface area contributed by atoms with Crippen molar-refractivity contribution >= 4 is 21.6 Å². The zero-order chi connectivity index (χ0) is 28.2. The highest BCUT2D eigenvalue weighted by molar-refractivity contribution is 7.18. The fraction of sp³-hybridized carbons (Fsp3) is 0.333. The average Bonchev–Trinajstić information content (AvgIpc) is 3.61. The minimum atomic E-state index is -0.606. The van der Waals surface area contributed by atoms with Crippen LogP contribution >= 0.6 is 11.3 Å². The van der Waals surface area contributed by atoms with Crippen LogP contribution < -0.4 is 17.0 Å². The SMILES string of the molecule is CCCN(CC)CCn1c(=O)c2cc(CC)sc2n(Cc2ccc(-c3ccccc3-c3noc(=O)[nH]3)cc2)c1=O. The molecule has 208 valence electrons. The Kier molecular flexibility index (Phi) is 8.27. The Morgan fingerprint density at radius 2 is 1.70 bits per heavy atom. The maximum atomic E-state index is 13.7. The molecular weight excluding hydrogens is 526 g/mol. The lowest BCUT2D eigenvalue weighted by molar-refractivity contribution is 0.273. The molecule has 3 aromatic heterocycles. The number of aromatic amines is 1. The van der Waals surface area contributed by atoms with E-state index in [1.807, 2.05) is 54.6 Å². The smallest absolute Gasteiger partial charge is 0.302 e. The monoisotopic (exact) mass is 559 g/mol. The number of aryl methyl sites for hydroxylation is 1. The fourth-order valence-electron chi connectivity index (χ4n) is 5.01. The number of fused-ring (bicyclic) bond motifs is 1. The van der Waals surface area contributed by atoms with Crippen molar-refractivity contribution < 1.29 is 4.52 Å². The van der Waals surface area contributed by atoms with Crippen molar-refractivity contribution in [1.29, 1.82) is 0 Å². The van der Waals surface area contributed by atoms with Crippen LogP contribution in [0, 0.1) is 0 Å². The molecule has 5 rings (SSSR count). The lowest BCUT2D eigenvalue weighted by atomic mass is 9.98. The van der Waals surface area contributed by atoms with E-state index in [1.54, 1.807) is 4.57 Å². The van der Waals surface area contributed by atoms with E-state index in [1.165, 1.54) is 15.9 Å². The molecule has 0 radical (unpaired) electrons. The highest BCUT2D eigenvalue weighted by Crippen LogP contribution is 2.30. The zero-order valence-electron chi connectivity index (χ0n) is 23.0. The molecule has 0 spiro atoms. The van der Waals surface area contributed by atoms with Crippen molar-refractivity contribution in [3.8, 4) is 22.5 Å². The van der Waals surface area contributed by atoms with E-state index in [-0.39, 0.29) is 11.2 Å². The number of nitrogens with zero attached hydrogens (tertiary/aromatic N) is 4. The first-order valence-corrected chi connectivity index (χ1v) is 14.5. The van der Waals surface area contributed by atoms with Crippen LogP contribution in [0.4, 0.5) is 0 Å². The Balaban J connectivity index is 1.50. The van der Waals surface area contributed by atoms with Gasteiger partial charge in [0.1, 0.15) is 4.83 Å². The third kappa shape index (κ3) is 5.50. The summed E-state index contributed by atoms with van der Waals surface area (Å²) in [5.74, 6) is -0.239. The number of benzene rings is 2. The lowest BCUT2D eigenvalue weighted by Crippen LogP contribution is -2.42. The molecule has 5 aromatic rings. The van der Waals surface area contributed by atoms with E-state index in [0.717, 1.165) is 53.1 Å². The standard InChI is InChI=1S/C30H33N5O4S/c1-4-15-33(6-3)16-17-34-27(36)25-18-22(5-2)40-28(25)35(30(34)38)19-20-11-13-21(14-12-20)23-9-7-8-10-24(23)26-31-29(37)39-32-26/h7-14,18H,4-6,15-17,19H2,1-3H3,(H,31,32,37). The number of hydrogen-bond donors (Lipinski definition) is 1. The van der Waals surface area contributed by atoms with E-state index in [4.69, 9.17) is 4.52 Å². The summed E-state index contributed by atoms with van der Waals surface area (Å²) in [6.45, 7) is 9.45. The van der Waals surface area contributed by atoms with Crippen LogP contribution in [0.5, 0.6) is 0 Å². The molecule has 2 aromatic carbocycles. The number of H-pyrrole nitrogens is 1. The van der Waals surface area contributed by atoms with E-state index in [9.17, 15) is 14.4 Å². The van der Waals surface area contributed by atoms with Crippen LogP contribution in [0.25, 0.3) is 32.7 Å². The van der Waals surface area contributed by atoms with Crippen molar-refractivity contribution in [2.45, 2.75) is 46.7 Å². The summed E-state index contributed by atoms with van der Waals surface area (Å²) in [6.07, 6.45) is 1.82. The van der Waals surface area contributed by atoms with E-state index >= 15 is 0 Å². The second kappa shape index (κ2) is 12.0. The Labute approximate surface area is 235 Å². The van der Waals surface area contributed by atoms with Gasteiger partial charge in [-0.15, -0.1) is 11.3 Å². The van der Waals surface area contributed by atoms with Gasteiger partial charge in [0, 0.05) is 23.5 Å². The van der Waals surface area contributed by atoms with Crippen molar-refractivity contribution in [3.63, 3.8) is 0 Å². The number of thiophene rings is 1. The van der Waals surface area contributed by atoms with Gasteiger partial charge in [-0.2, -0.15) is 0 Å². The minimum absolute atomic E-state index is 0.211. The second-order valence-corrected chi connectivity index (χ2v) is 10.8. The van der Waals surface area contributed by atoms with Gasteiger partial charge in [-0.3, -0.25) is 23.4 Å². The summed E-state index contributed by atoms with van der Waals surface area (Å²) in [5, 5.41) is 4.44. The molecule has 0 bridgehead atoms. The third-order valence-corrected chi connectivity index (χ3v) is 8.45. The van der Waals surface area contributed by atoms with E-state index < -0.39 is 5.76 Å². The van der Waals surface area contributed by atoms with Crippen LogP contribution in [-0.2, 0) is 19.5 Å². The summed E-state index contributed by atoms with van der Waals surface area (Å²) in [4.78, 5) is 45.3. The van der Waals surface area contributed by atoms with Gasteiger partial charge >= 0.3 is 11.4 Å². The third-order valence-electron chi connectivity index (χ3n) is 7.15. The fourth-order valence-corrected chi connectivity index (χ4v) is 6.08. The molecule has 0 amide bonds. The predicted octanol–water partition coefficient (Wildman–Crippen LogP) is 4.58. The predicted molar refractivity (Wildman–Crippen MR) is 159 cm³/mol. The number of aromatic nitrogens is 4. The quantitative estimate of drug-likeness (QED) is 0.254. The van der Waals surface area contributed by atoms with E-state index in [2.05, 4.69) is 35.8 Å². The topological polar surface area (TPSA) is 106 Å². The molecule has 9 nitrogen and oxygen atoms in total. The van der Waals surface area contributed by atoms with Crippen LogP contribution in [0.2, 0.25) is 0 Å². The van der Waals surface area contributed by atoms with Crippen molar-refractivity contribution in [2.24, 2.45) is 0 Å². The van der Waals surface area contributed by atoms with Crippen molar-refractivity contribution in [2.75, 3.05) is 19.6 Å². The summed E-state index contributed by atoms with van der Waals surface area (Å²) in [5.41, 5.74) is 3.03. The van der Waals surface area contributed by atoms with Gasteiger partial charge in [0.2, 0.25) is 0 Å². The Morgan fingerprint density at radius 3 is 2.35 bits per heavy atom. The molecule has 1 N–H and O–H groups in total. The highest BCUT2D eigenvalue weighted by Gasteiger charge is 2.18. The van der Waals surface area contributed by atoms with Gasteiger partial charge in [0.15, 0.2) is 5.82 Å². The first kappa shape index (κ1) is 27.5. The Morgan fingerprint density at radius 1 is 0.950 bits per heavy atom. The van der Waals surface area contributed by atoms with Crippen LogP contribution in [-0.4, -0.2) is 43.8 Å². The summed E-state index contributed by atoms with van der Waals surface area (Å²) in [7, 11) is 0. The number of rotatable bonds is 11. The van der Waals surface area contributed by atoms with Gasteiger partial charge in [0.25, 0.3) is 5.56 Å². The second-order valence-electron chi connectivity index (χ2n) is 9.73. The number of hydrogen-bond acceptors (Lipinski definition) is 7. The highest BCUT2D eigenvalue weighted by atomic mass is 32.1. The molecule has 0 unspecified atom stereocenters. The number of nitrogens with one attached hydrogen (secondary N) is 1. The molecule has 40 heavy (non-hydrogen) atoms. The van der Waals surface area contributed by atoms with Crippen molar-refractivity contribution in [1.82, 2.24) is 24.2 Å². The Bertz CT molecular complexity index is 1790. The summed E-state index contributed by atoms with van der Waals surface area (Å²) >= 11 is 1.51. The van der Waals surface area contributed by atoms with Gasteiger partial charge in [-0.05, 0) is 48.7 Å². The summed E-state index contributed by atoms with van der Waals surface area (Å²) < 4.78 is 7.83. The molecule has 0 atom stereocenters. The maximum Gasteiger partial charge on any atom is 0.439 e. The van der Waals surface area contributed by atoms with Gasteiger partial charge in [-0.25, -0.2) is 9.59 Å². The first-order chi connectivity index (χ1) is 19.4. The van der Waals surface area contributed by atoms with Crippen LogP contribution in [0.15, 0.2) is 73.5 Å². The number of likely N-dealkylation sites (N-methyl/N-ethyl adjacent to an activating group) is 1. The zero-order valence-corrected chi connectivity index (χ0v) is 23.8. The van der Waals surface area contributed by atoms with Gasteiger partial charge < -0.3 is 4.90 Å². The largest absolute Gasteiger partial charge is 0.439 e. The molecule has 10 heteroatoms. The molecular formula is C30H33N5O4S. The van der Waals surface area contributed by atoms with Crippen LogP contribution in [0.1, 0.15) is 37.6 Å². The molecule has 0 aliphatic heterocycles. The first-order valence-electron chi connectivity index (χ1n) is 13.7. The molecule has 0 saturated carbocycles. The molecule has 0 saturated heterocycles. The maximum absolute atomic E-state index is 13.7. The molecule has 0 aliphatic carbocycles. The summed E-state index contributed by atoms with van der Waals surface area (Å²) in [6, 6.07) is 17.5. The van der Waals surface area contributed by atoms with Crippen LogP contribution in [0.3, 0.4) is 0 Å². The van der Waals surface area contributed by atoms with Crippen molar-refractivity contribution in [3.05, 3.63) is 96.4 Å². The van der Waals surface area contributed by atoms with E-state index in [0.29, 0.717) is 35.7 Å². The average molecular weight is 560 g/mol. The lowest BCUT2D eigenvalue weighted by Gasteiger charge is -2.20. The molecule has 0 fully saturated rings. The Hall–Kier alpha value is -4.02. The van der Waals surface area contributed by atoms with Gasteiger partial charge in [-0.1, -0.05) is 74.5 Å². The molecule has 3 heterocycles. The minimum Gasteiger partial charge on any atom is -0.302 e. The normalized spacial score (nSPS) is 11.6. The molecule has 0 aliphatic rings.